The third-order valence-corrected chi connectivity index (χ3v) is 4.21. The normalized spacial score (nSPS) is 11.1. The number of hydrogen-bond donors (Lipinski definition) is 0. The van der Waals surface area contributed by atoms with Crippen molar-refractivity contribution in [2.45, 2.75) is 6.92 Å². The predicted octanol–water partition coefficient (Wildman–Crippen LogP) is 4.04. The molecule has 0 radical (unpaired) electrons. The van der Waals surface area contributed by atoms with Gasteiger partial charge in [0.15, 0.2) is 4.96 Å². The van der Waals surface area contributed by atoms with Crippen molar-refractivity contribution in [3.8, 4) is 11.3 Å². The van der Waals surface area contributed by atoms with Crippen LogP contribution in [0.5, 0.6) is 0 Å². The van der Waals surface area contributed by atoms with Crippen LogP contribution in [0.25, 0.3) is 16.2 Å². The van der Waals surface area contributed by atoms with Crippen LogP contribution in [0.4, 0.5) is 0 Å². The summed E-state index contributed by atoms with van der Waals surface area (Å²) in [4.78, 5) is 17.1. The van der Waals surface area contributed by atoms with E-state index in [0.717, 1.165) is 11.3 Å². The maximum atomic E-state index is 12.2. The van der Waals surface area contributed by atoms with Crippen LogP contribution < -0.4 is 5.56 Å². The van der Waals surface area contributed by atoms with Crippen molar-refractivity contribution in [1.82, 2.24) is 9.38 Å². The fraction of sp³-hybridized carbons (Fsp3) is 0.0769. The van der Waals surface area contributed by atoms with Gasteiger partial charge in [-0.3, -0.25) is 9.20 Å². The fourth-order valence-corrected chi connectivity index (χ4v) is 3.22. The summed E-state index contributed by atoms with van der Waals surface area (Å²) in [6.45, 7) is 1.74. The molecule has 0 fully saturated rings. The summed E-state index contributed by atoms with van der Waals surface area (Å²) in [6.07, 6.45) is 1.58. The molecule has 0 aliphatic rings. The zero-order chi connectivity index (χ0) is 13.6. The Hall–Kier alpha value is -1.36. The quantitative estimate of drug-likeness (QED) is 0.680. The summed E-state index contributed by atoms with van der Waals surface area (Å²) in [5.74, 6) is 0. The number of aryl methyl sites for hydroxylation is 1. The highest BCUT2D eigenvalue weighted by atomic mass is 35.5. The molecule has 96 valence electrons. The van der Waals surface area contributed by atoms with Crippen molar-refractivity contribution in [2.24, 2.45) is 0 Å². The monoisotopic (exact) mass is 310 g/mol. The number of nitrogens with zero attached hydrogens (tertiary/aromatic N) is 2. The Morgan fingerprint density at radius 2 is 2.11 bits per heavy atom. The Morgan fingerprint density at radius 1 is 1.32 bits per heavy atom. The summed E-state index contributed by atoms with van der Waals surface area (Å²) in [7, 11) is 0. The molecular formula is C13H8Cl2N2OS. The molecule has 3 rings (SSSR count). The largest absolute Gasteiger partial charge is 0.269 e. The van der Waals surface area contributed by atoms with Crippen molar-refractivity contribution in [3.63, 3.8) is 0 Å². The Kier molecular flexibility index (Phi) is 3.09. The first kappa shape index (κ1) is 12.7. The van der Waals surface area contributed by atoms with Crippen LogP contribution >= 0.6 is 34.5 Å². The Bertz CT molecular complexity index is 838. The molecule has 0 amide bonds. The van der Waals surface area contributed by atoms with Crippen LogP contribution in [0.3, 0.4) is 0 Å². The maximum Gasteiger partial charge on any atom is 0.261 e. The van der Waals surface area contributed by atoms with Gasteiger partial charge in [-0.15, -0.1) is 11.3 Å². The average molecular weight is 311 g/mol. The molecule has 0 unspecified atom stereocenters. The number of aromatic nitrogens is 2. The van der Waals surface area contributed by atoms with E-state index in [9.17, 15) is 4.79 Å². The topological polar surface area (TPSA) is 34.4 Å². The molecule has 0 bridgehead atoms. The van der Waals surface area contributed by atoms with Crippen molar-refractivity contribution in [3.05, 3.63) is 55.7 Å². The van der Waals surface area contributed by atoms with Gasteiger partial charge in [0.1, 0.15) is 0 Å². The lowest BCUT2D eigenvalue weighted by atomic mass is 10.2. The average Bonchev–Trinajstić information content (AvgIpc) is 2.78. The number of benzene rings is 1. The molecule has 6 heteroatoms. The third-order valence-electron chi connectivity index (χ3n) is 2.82. The fourth-order valence-electron chi connectivity index (χ4n) is 1.87. The summed E-state index contributed by atoms with van der Waals surface area (Å²) < 4.78 is 1.58. The second-order valence-corrected chi connectivity index (χ2v) is 5.79. The number of fused-ring (bicyclic) bond motifs is 1. The summed E-state index contributed by atoms with van der Waals surface area (Å²) in [5, 5.41) is 2.95. The van der Waals surface area contributed by atoms with Crippen LogP contribution in [0.15, 0.2) is 34.6 Å². The molecule has 0 atom stereocenters. The van der Waals surface area contributed by atoms with Gasteiger partial charge in [-0.05, 0) is 25.1 Å². The zero-order valence-electron chi connectivity index (χ0n) is 9.85. The highest BCUT2D eigenvalue weighted by Crippen LogP contribution is 2.32. The lowest BCUT2D eigenvalue weighted by molar-refractivity contribution is 1.05. The summed E-state index contributed by atoms with van der Waals surface area (Å²) in [6, 6.07) is 5.22. The molecule has 0 saturated carbocycles. The molecule has 2 heterocycles. The second kappa shape index (κ2) is 4.63. The Balaban J connectivity index is 2.37. The maximum absolute atomic E-state index is 12.2. The van der Waals surface area contributed by atoms with Gasteiger partial charge in [-0.2, -0.15) is 0 Å². The number of hydrogen-bond acceptors (Lipinski definition) is 3. The zero-order valence-corrected chi connectivity index (χ0v) is 12.2. The van der Waals surface area contributed by atoms with E-state index >= 15 is 0 Å². The number of thiazole rings is 1. The Morgan fingerprint density at radius 3 is 2.84 bits per heavy atom. The van der Waals surface area contributed by atoms with E-state index in [4.69, 9.17) is 23.2 Å². The van der Waals surface area contributed by atoms with Gasteiger partial charge in [0, 0.05) is 27.7 Å². The lowest BCUT2D eigenvalue weighted by Gasteiger charge is -2.05. The minimum atomic E-state index is -0.0766. The first-order chi connectivity index (χ1) is 9.08. The summed E-state index contributed by atoms with van der Waals surface area (Å²) >= 11 is 13.5. The SMILES string of the molecule is Cc1cnc2scc(-c3ccc(Cl)cc3Cl)n2c1=O. The first-order valence-electron chi connectivity index (χ1n) is 5.49. The molecular weight excluding hydrogens is 303 g/mol. The van der Waals surface area contributed by atoms with Crippen LogP contribution in [-0.4, -0.2) is 9.38 Å². The molecule has 0 saturated heterocycles. The van der Waals surface area contributed by atoms with E-state index in [0.29, 0.717) is 20.6 Å². The predicted molar refractivity (Wildman–Crippen MR) is 79.5 cm³/mol. The molecule has 0 aliphatic heterocycles. The van der Waals surface area contributed by atoms with E-state index in [1.54, 1.807) is 35.7 Å². The van der Waals surface area contributed by atoms with Crippen LogP contribution in [0, 0.1) is 6.92 Å². The van der Waals surface area contributed by atoms with Gasteiger partial charge in [0.05, 0.1) is 10.7 Å². The van der Waals surface area contributed by atoms with Gasteiger partial charge in [-0.1, -0.05) is 23.2 Å². The summed E-state index contributed by atoms with van der Waals surface area (Å²) in [5.41, 5.74) is 2.03. The van der Waals surface area contributed by atoms with Gasteiger partial charge in [0.2, 0.25) is 0 Å². The van der Waals surface area contributed by atoms with E-state index in [-0.39, 0.29) is 5.56 Å². The van der Waals surface area contributed by atoms with Crippen LogP contribution in [0.1, 0.15) is 5.56 Å². The molecule has 3 aromatic rings. The molecule has 3 nitrogen and oxygen atoms in total. The molecule has 19 heavy (non-hydrogen) atoms. The smallest absolute Gasteiger partial charge is 0.261 e. The van der Waals surface area contributed by atoms with Gasteiger partial charge in [0.25, 0.3) is 5.56 Å². The van der Waals surface area contributed by atoms with Gasteiger partial charge in [-0.25, -0.2) is 4.98 Å². The van der Waals surface area contributed by atoms with Crippen molar-refractivity contribution >= 4 is 39.5 Å². The van der Waals surface area contributed by atoms with Crippen molar-refractivity contribution < 1.29 is 0 Å². The second-order valence-electron chi connectivity index (χ2n) is 4.11. The standard InChI is InChI=1S/C13H8Cl2N2OS/c1-7-5-16-13-17(12(7)18)11(6-19-13)9-3-2-8(14)4-10(9)15/h2-6H,1H3. The highest BCUT2D eigenvalue weighted by molar-refractivity contribution is 7.15. The van der Waals surface area contributed by atoms with Crippen molar-refractivity contribution in [2.75, 3.05) is 0 Å². The van der Waals surface area contributed by atoms with Gasteiger partial charge >= 0.3 is 0 Å². The molecule has 0 N–H and O–H groups in total. The van der Waals surface area contributed by atoms with Crippen LogP contribution in [0.2, 0.25) is 10.0 Å². The molecule has 1 aromatic carbocycles. The first-order valence-corrected chi connectivity index (χ1v) is 7.13. The van der Waals surface area contributed by atoms with Gasteiger partial charge < -0.3 is 0 Å². The van der Waals surface area contributed by atoms with E-state index in [2.05, 4.69) is 4.98 Å². The molecule has 0 spiro atoms. The number of halogens is 2. The minimum Gasteiger partial charge on any atom is -0.269 e. The minimum absolute atomic E-state index is 0.0766. The molecule has 2 aromatic heterocycles. The van der Waals surface area contributed by atoms with E-state index in [1.165, 1.54) is 11.3 Å². The molecule has 0 aliphatic carbocycles. The van der Waals surface area contributed by atoms with E-state index < -0.39 is 0 Å². The number of rotatable bonds is 1. The Labute approximate surface area is 123 Å². The lowest BCUT2D eigenvalue weighted by Crippen LogP contribution is -2.16. The third kappa shape index (κ3) is 2.06. The van der Waals surface area contributed by atoms with Crippen molar-refractivity contribution in [1.29, 1.82) is 0 Å². The van der Waals surface area contributed by atoms with E-state index in [1.807, 2.05) is 5.38 Å². The van der Waals surface area contributed by atoms with Crippen LogP contribution in [-0.2, 0) is 0 Å². The highest BCUT2D eigenvalue weighted by Gasteiger charge is 2.13.